The Kier molecular flexibility index (Phi) is 3.55. The molecule has 2 fully saturated rings. The average Bonchev–Trinajstić information content (AvgIpc) is 3.14. The van der Waals surface area contributed by atoms with Crippen molar-refractivity contribution in [1.82, 2.24) is 4.90 Å². The second kappa shape index (κ2) is 5.72. The van der Waals surface area contributed by atoms with Crippen LogP contribution in [-0.4, -0.2) is 37.6 Å². The fourth-order valence-corrected chi connectivity index (χ4v) is 4.08. The van der Waals surface area contributed by atoms with Crippen molar-refractivity contribution in [1.29, 1.82) is 5.26 Å². The van der Waals surface area contributed by atoms with E-state index in [0.717, 1.165) is 11.5 Å². The fraction of sp³-hybridized carbons (Fsp3) is 0.350. The third-order valence-electron chi connectivity index (χ3n) is 5.28. The Hall–Kier alpha value is -2.31. The number of nitrogens with zero attached hydrogens (tertiary/aromatic N) is 3. The Bertz CT molecular complexity index is 727. The molecule has 3 nitrogen and oxygen atoms in total. The minimum Gasteiger partial charge on any atom is -0.367 e. The molecule has 2 saturated heterocycles. The van der Waals surface area contributed by atoms with E-state index in [4.69, 9.17) is 5.26 Å². The molecule has 3 heteroatoms. The van der Waals surface area contributed by atoms with Gasteiger partial charge < -0.3 is 9.80 Å². The first-order chi connectivity index (χ1) is 11.2. The summed E-state index contributed by atoms with van der Waals surface area (Å²) in [5.41, 5.74) is 4.41. The fourth-order valence-electron chi connectivity index (χ4n) is 4.08. The van der Waals surface area contributed by atoms with E-state index in [1.807, 2.05) is 24.3 Å². The van der Waals surface area contributed by atoms with Crippen molar-refractivity contribution in [2.45, 2.75) is 12.5 Å². The van der Waals surface area contributed by atoms with E-state index in [-0.39, 0.29) is 0 Å². The molecule has 2 atom stereocenters. The molecule has 2 aromatic rings. The topological polar surface area (TPSA) is 30.3 Å². The average molecular weight is 303 g/mol. The van der Waals surface area contributed by atoms with Crippen LogP contribution in [0.4, 0.5) is 5.69 Å². The van der Waals surface area contributed by atoms with Gasteiger partial charge in [-0.2, -0.15) is 5.26 Å². The lowest BCUT2D eigenvalue weighted by Crippen LogP contribution is -2.34. The highest BCUT2D eigenvalue weighted by atomic mass is 15.3. The van der Waals surface area contributed by atoms with Crippen molar-refractivity contribution in [2.75, 3.05) is 31.6 Å². The second-order valence-corrected chi connectivity index (χ2v) is 6.77. The molecule has 2 heterocycles. The number of rotatable bonds is 2. The maximum Gasteiger partial charge on any atom is 0.0991 e. The molecule has 0 saturated carbocycles. The van der Waals surface area contributed by atoms with Gasteiger partial charge in [0, 0.05) is 31.4 Å². The maximum atomic E-state index is 8.89. The molecule has 4 rings (SSSR count). The van der Waals surface area contributed by atoms with E-state index in [1.54, 1.807) is 0 Å². The number of nitriles is 1. The Morgan fingerprint density at radius 3 is 2.26 bits per heavy atom. The van der Waals surface area contributed by atoms with Gasteiger partial charge in [-0.05, 0) is 54.8 Å². The van der Waals surface area contributed by atoms with E-state index < -0.39 is 0 Å². The first kappa shape index (κ1) is 14.3. The van der Waals surface area contributed by atoms with Gasteiger partial charge in [0.05, 0.1) is 11.6 Å². The van der Waals surface area contributed by atoms with Gasteiger partial charge in [0.2, 0.25) is 0 Å². The Morgan fingerprint density at radius 2 is 1.61 bits per heavy atom. The Balaban J connectivity index is 1.55. The van der Waals surface area contributed by atoms with Crippen molar-refractivity contribution in [3.63, 3.8) is 0 Å². The summed E-state index contributed by atoms with van der Waals surface area (Å²) in [7, 11) is 2.23. The van der Waals surface area contributed by atoms with Gasteiger partial charge in [-0.15, -0.1) is 0 Å². The molecule has 0 radical (unpaired) electrons. The summed E-state index contributed by atoms with van der Waals surface area (Å²) in [6.45, 7) is 3.60. The van der Waals surface area contributed by atoms with Crippen LogP contribution in [0.1, 0.15) is 12.0 Å². The van der Waals surface area contributed by atoms with E-state index in [0.29, 0.717) is 11.6 Å². The lowest BCUT2D eigenvalue weighted by Gasteiger charge is -2.26. The predicted molar refractivity (Wildman–Crippen MR) is 93.3 cm³/mol. The second-order valence-electron chi connectivity index (χ2n) is 6.77. The van der Waals surface area contributed by atoms with Gasteiger partial charge >= 0.3 is 0 Å². The molecule has 23 heavy (non-hydrogen) atoms. The zero-order chi connectivity index (χ0) is 15.8. The van der Waals surface area contributed by atoms with E-state index in [2.05, 4.69) is 47.2 Å². The highest BCUT2D eigenvalue weighted by molar-refractivity contribution is 5.67. The molecule has 116 valence electrons. The molecule has 2 aromatic carbocycles. The first-order valence-electron chi connectivity index (χ1n) is 8.30. The summed E-state index contributed by atoms with van der Waals surface area (Å²) >= 11 is 0. The van der Waals surface area contributed by atoms with Crippen LogP contribution in [0.15, 0.2) is 48.5 Å². The molecule has 0 aliphatic carbocycles. The van der Waals surface area contributed by atoms with Crippen LogP contribution in [-0.2, 0) is 0 Å². The normalized spacial score (nSPS) is 23.7. The van der Waals surface area contributed by atoms with Gasteiger partial charge in [-0.25, -0.2) is 0 Å². The van der Waals surface area contributed by atoms with Crippen molar-refractivity contribution in [3.05, 3.63) is 54.1 Å². The summed E-state index contributed by atoms with van der Waals surface area (Å²) in [6, 6.07) is 19.5. The third-order valence-corrected chi connectivity index (χ3v) is 5.28. The van der Waals surface area contributed by atoms with Gasteiger partial charge in [0.25, 0.3) is 0 Å². The van der Waals surface area contributed by atoms with Crippen molar-refractivity contribution in [2.24, 2.45) is 5.92 Å². The number of benzene rings is 2. The Labute approximate surface area is 137 Å². The molecular weight excluding hydrogens is 282 g/mol. The molecule has 2 aliphatic rings. The largest absolute Gasteiger partial charge is 0.367 e. The summed E-state index contributed by atoms with van der Waals surface area (Å²) in [5.74, 6) is 0.832. The van der Waals surface area contributed by atoms with Crippen molar-refractivity contribution in [3.8, 4) is 17.2 Å². The van der Waals surface area contributed by atoms with Crippen LogP contribution in [0.2, 0.25) is 0 Å². The van der Waals surface area contributed by atoms with Gasteiger partial charge in [0.1, 0.15) is 0 Å². The maximum absolute atomic E-state index is 8.89. The molecular formula is C20H21N3. The number of hydrogen-bond acceptors (Lipinski definition) is 3. The minimum absolute atomic E-state index is 0.681. The molecule has 0 N–H and O–H groups in total. The van der Waals surface area contributed by atoms with E-state index in [1.165, 1.54) is 37.3 Å². The van der Waals surface area contributed by atoms with Crippen LogP contribution in [0, 0.1) is 17.2 Å². The molecule has 0 amide bonds. The Morgan fingerprint density at radius 1 is 0.957 bits per heavy atom. The quantitative estimate of drug-likeness (QED) is 0.852. The lowest BCUT2D eigenvalue weighted by atomic mass is 10.0. The van der Waals surface area contributed by atoms with Crippen LogP contribution in [0.5, 0.6) is 0 Å². The molecule has 0 bridgehead atoms. The van der Waals surface area contributed by atoms with Crippen LogP contribution in [0.3, 0.4) is 0 Å². The van der Waals surface area contributed by atoms with Gasteiger partial charge in [-0.3, -0.25) is 0 Å². The first-order valence-corrected chi connectivity index (χ1v) is 8.30. The zero-order valence-electron chi connectivity index (χ0n) is 13.4. The van der Waals surface area contributed by atoms with Crippen LogP contribution < -0.4 is 4.90 Å². The van der Waals surface area contributed by atoms with E-state index >= 15 is 0 Å². The number of hydrogen-bond donors (Lipinski definition) is 0. The van der Waals surface area contributed by atoms with Crippen LogP contribution in [0.25, 0.3) is 11.1 Å². The van der Waals surface area contributed by atoms with Crippen molar-refractivity contribution < 1.29 is 0 Å². The zero-order valence-corrected chi connectivity index (χ0v) is 13.4. The van der Waals surface area contributed by atoms with Gasteiger partial charge in [0.15, 0.2) is 0 Å². The van der Waals surface area contributed by atoms with Crippen LogP contribution >= 0.6 is 0 Å². The van der Waals surface area contributed by atoms with Crippen molar-refractivity contribution >= 4 is 5.69 Å². The summed E-state index contributed by atoms with van der Waals surface area (Å²) in [6.07, 6.45) is 1.31. The predicted octanol–water partition coefficient (Wildman–Crippen LogP) is 3.37. The third kappa shape index (κ3) is 2.60. The highest BCUT2D eigenvalue weighted by Gasteiger charge is 2.39. The standard InChI is InChI=1S/C20H21N3/c1-22-13-18-10-11-23(20(18)14-22)19-8-6-17(7-9-19)16-4-2-15(12-21)3-5-16/h2-9,18,20H,10-11,13-14H2,1H3/t18-,20+/m0/s1. The summed E-state index contributed by atoms with van der Waals surface area (Å²) < 4.78 is 0. The molecule has 0 unspecified atom stereocenters. The number of likely N-dealkylation sites (tertiary alicyclic amines) is 1. The number of fused-ring (bicyclic) bond motifs is 1. The SMILES string of the molecule is CN1C[C@@H]2CCN(c3ccc(-c4ccc(C#N)cc4)cc3)[C@@H]2C1. The van der Waals surface area contributed by atoms with E-state index in [9.17, 15) is 0 Å². The smallest absolute Gasteiger partial charge is 0.0991 e. The number of likely N-dealkylation sites (N-methyl/N-ethyl adjacent to an activating group) is 1. The summed E-state index contributed by atoms with van der Waals surface area (Å²) in [5, 5.41) is 8.89. The molecule has 0 aromatic heterocycles. The molecule has 0 spiro atoms. The minimum atomic E-state index is 0.681. The van der Waals surface area contributed by atoms with Gasteiger partial charge in [-0.1, -0.05) is 24.3 Å². The molecule has 2 aliphatic heterocycles. The number of anilines is 1. The lowest BCUT2D eigenvalue weighted by molar-refractivity contribution is 0.386. The highest BCUT2D eigenvalue weighted by Crippen LogP contribution is 2.35. The summed E-state index contributed by atoms with van der Waals surface area (Å²) in [4.78, 5) is 5.03. The monoisotopic (exact) mass is 303 g/mol.